The van der Waals surface area contributed by atoms with E-state index < -0.39 is 35.2 Å². The number of nitrogens with one attached hydrogen (secondary N) is 1. The number of alkyl halides is 3. The third-order valence-corrected chi connectivity index (χ3v) is 2.51. The SMILES string of the molecule is C#CCC(N)C(=O)Nc1ccc(C(F)(F)F)cc1C(=O)O. The van der Waals surface area contributed by atoms with Crippen LogP contribution in [0.4, 0.5) is 18.9 Å². The summed E-state index contributed by atoms with van der Waals surface area (Å²) in [5.74, 6) is -0.242. The Kier molecular flexibility index (Phi) is 4.94. The first-order valence-electron chi connectivity index (χ1n) is 5.61. The van der Waals surface area contributed by atoms with Crippen molar-refractivity contribution in [3.63, 3.8) is 0 Å². The molecule has 1 aromatic rings. The van der Waals surface area contributed by atoms with Crippen LogP contribution in [-0.4, -0.2) is 23.0 Å². The van der Waals surface area contributed by atoms with E-state index in [1.165, 1.54) is 0 Å². The van der Waals surface area contributed by atoms with Crippen molar-refractivity contribution in [1.29, 1.82) is 0 Å². The molecular formula is C13H11F3N2O3. The highest BCUT2D eigenvalue weighted by Gasteiger charge is 2.32. The van der Waals surface area contributed by atoms with Crippen LogP contribution in [0.25, 0.3) is 0 Å². The number of carboxylic acids is 1. The van der Waals surface area contributed by atoms with Crippen LogP contribution in [0.15, 0.2) is 18.2 Å². The predicted molar refractivity (Wildman–Crippen MR) is 68.5 cm³/mol. The maximum atomic E-state index is 12.5. The summed E-state index contributed by atoms with van der Waals surface area (Å²) in [5, 5.41) is 11.1. The molecule has 1 aromatic carbocycles. The van der Waals surface area contributed by atoms with Gasteiger partial charge in [0, 0.05) is 6.42 Å². The Bertz CT molecular complexity index is 606. The first kappa shape index (κ1) is 16.5. The van der Waals surface area contributed by atoms with Gasteiger partial charge in [-0.05, 0) is 18.2 Å². The topological polar surface area (TPSA) is 92.4 Å². The number of carbonyl (C=O) groups excluding carboxylic acids is 1. The Morgan fingerprint density at radius 3 is 2.52 bits per heavy atom. The van der Waals surface area contributed by atoms with Crippen LogP contribution in [-0.2, 0) is 11.0 Å². The van der Waals surface area contributed by atoms with Gasteiger partial charge in [0.15, 0.2) is 0 Å². The number of benzene rings is 1. The first-order valence-corrected chi connectivity index (χ1v) is 5.61. The number of carboxylic acid groups (broad SMARTS) is 1. The number of amides is 1. The van der Waals surface area contributed by atoms with Crippen molar-refractivity contribution in [2.24, 2.45) is 5.73 Å². The number of rotatable bonds is 4. The Morgan fingerprint density at radius 1 is 1.43 bits per heavy atom. The Labute approximate surface area is 117 Å². The lowest BCUT2D eigenvalue weighted by Crippen LogP contribution is -2.35. The highest BCUT2D eigenvalue weighted by Crippen LogP contribution is 2.31. The third-order valence-electron chi connectivity index (χ3n) is 2.51. The standard InChI is InChI=1S/C13H11F3N2O3/c1-2-3-9(17)11(19)18-10-5-4-7(13(14,15)16)6-8(10)12(20)21/h1,4-6,9H,3,17H2,(H,18,19)(H,20,21). The molecule has 112 valence electrons. The Morgan fingerprint density at radius 2 is 2.05 bits per heavy atom. The van der Waals surface area contributed by atoms with Crippen LogP contribution in [0, 0.1) is 12.3 Å². The van der Waals surface area contributed by atoms with Gasteiger partial charge in [0.05, 0.1) is 22.9 Å². The molecule has 0 heterocycles. The summed E-state index contributed by atoms with van der Waals surface area (Å²) < 4.78 is 37.6. The largest absolute Gasteiger partial charge is 0.478 e. The molecule has 0 saturated heterocycles. The molecule has 0 aliphatic heterocycles. The van der Waals surface area contributed by atoms with Gasteiger partial charge in [0.1, 0.15) is 0 Å². The van der Waals surface area contributed by atoms with Crippen LogP contribution >= 0.6 is 0 Å². The second kappa shape index (κ2) is 6.28. The third kappa shape index (κ3) is 4.22. The number of nitrogens with two attached hydrogens (primary N) is 1. The number of anilines is 1. The zero-order chi connectivity index (χ0) is 16.2. The smallest absolute Gasteiger partial charge is 0.416 e. The Balaban J connectivity index is 3.11. The average Bonchev–Trinajstić information content (AvgIpc) is 2.37. The highest BCUT2D eigenvalue weighted by molar-refractivity contribution is 6.02. The maximum Gasteiger partial charge on any atom is 0.416 e. The minimum absolute atomic E-state index is 0.0884. The molecule has 0 aliphatic rings. The normalized spacial score (nSPS) is 12.3. The van der Waals surface area contributed by atoms with Gasteiger partial charge in [0.2, 0.25) is 5.91 Å². The second-order valence-electron chi connectivity index (χ2n) is 4.07. The van der Waals surface area contributed by atoms with Crippen molar-refractivity contribution < 1.29 is 27.9 Å². The molecule has 0 spiro atoms. The molecule has 1 unspecified atom stereocenters. The number of carbonyl (C=O) groups is 2. The fraction of sp³-hybridized carbons (Fsp3) is 0.231. The summed E-state index contributed by atoms with van der Waals surface area (Å²) in [4.78, 5) is 22.6. The monoisotopic (exact) mass is 300 g/mol. The van der Waals surface area contributed by atoms with E-state index in [1.807, 2.05) is 0 Å². The van der Waals surface area contributed by atoms with Crippen molar-refractivity contribution in [3.05, 3.63) is 29.3 Å². The molecule has 0 saturated carbocycles. The molecule has 21 heavy (non-hydrogen) atoms. The molecule has 8 heteroatoms. The predicted octanol–water partition coefficient (Wildman–Crippen LogP) is 1.69. The van der Waals surface area contributed by atoms with Crippen molar-refractivity contribution in [1.82, 2.24) is 0 Å². The summed E-state index contributed by atoms with van der Waals surface area (Å²) in [6.45, 7) is 0. The van der Waals surface area contributed by atoms with E-state index in [4.69, 9.17) is 17.3 Å². The number of terminal acetylenes is 1. The zero-order valence-electron chi connectivity index (χ0n) is 10.6. The van der Waals surface area contributed by atoms with Gasteiger partial charge < -0.3 is 16.2 Å². The quantitative estimate of drug-likeness (QED) is 0.738. The lowest BCUT2D eigenvalue weighted by molar-refractivity contribution is -0.137. The highest BCUT2D eigenvalue weighted by atomic mass is 19.4. The van der Waals surface area contributed by atoms with Gasteiger partial charge in [-0.1, -0.05) is 0 Å². The number of halogens is 3. The molecule has 0 fully saturated rings. The fourth-order valence-corrected chi connectivity index (χ4v) is 1.45. The zero-order valence-corrected chi connectivity index (χ0v) is 10.6. The van der Waals surface area contributed by atoms with Crippen LogP contribution < -0.4 is 11.1 Å². The number of aromatic carboxylic acids is 1. The minimum atomic E-state index is -4.69. The summed E-state index contributed by atoms with van der Waals surface area (Å²) >= 11 is 0. The van der Waals surface area contributed by atoms with E-state index in [0.717, 1.165) is 6.07 Å². The van der Waals surface area contributed by atoms with Gasteiger partial charge in [-0.2, -0.15) is 13.2 Å². The number of hydrogen-bond donors (Lipinski definition) is 3. The van der Waals surface area contributed by atoms with E-state index in [0.29, 0.717) is 12.1 Å². The summed E-state index contributed by atoms with van der Waals surface area (Å²) in [6.07, 6.45) is 0.201. The summed E-state index contributed by atoms with van der Waals surface area (Å²) in [5.41, 5.74) is 3.31. The van der Waals surface area contributed by atoms with E-state index in [-0.39, 0.29) is 12.1 Å². The van der Waals surface area contributed by atoms with Crippen molar-refractivity contribution in [3.8, 4) is 12.3 Å². The van der Waals surface area contributed by atoms with Crippen molar-refractivity contribution in [2.45, 2.75) is 18.6 Å². The van der Waals surface area contributed by atoms with Gasteiger partial charge in [-0.3, -0.25) is 4.79 Å². The van der Waals surface area contributed by atoms with Crippen LogP contribution in [0.3, 0.4) is 0 Å². The molecule has 4 N–H and O–H groups in total. The molecule has 1 atom stereocenters. The van der Waals surface area contributed by atoms with Crippen LogP contribution in [0.5, 0.6) is 0 Å². The number of hydrogen-bond acceptors (Lipinski definition) is 3. The molecular weight excluding hydrogens is 289 g/mol. The van der Waals surface area contributed by atoms with Crippen molar-refractivity contribution in [2.75, 3.05) is 5.32 Å². The average molecular weight is 300 g/mol. The van der Waals surface area contributed by atoms with E-state index in [1.54, 1.807) is 0 Å². The van der Waals surface area contributed by atoms with Crippen LogP contribution in [0.1, 0.15) is 22.3 Å². The lowest BCUT2D eigenvalue weighted by Gasteiger charge is -2.14. The molecule has 1 amide bonds. The molecule has 0 radical (unpaired) electrons. The van der Waals surface area contributed by atoms with Gasteiger partial charge in [-0.25, -0.2) is 4.79 Å². The maximum absolute atomic E-state index is 12.5. The van der Waals surface area contributed by atoms with Crippen molar-refractivity contribution >= 4 is 17.6 Å². The summed E-state index contributed by atoms with van der Waals surface area (Å²) in [6, 6.07) is 0.866. The minimum Gasteiger partial charge on any atom is -0.478 e. The van der Waals surface area contributed by atoms with Gasteiger partial charge in [0.25, 0.3) is 0 Å². The fourth-order valence-electron chi connectivity index (χ4n) is 1.45. The molecule has 1 rings (SSSR count). The second-order valence-corrected chi connectivity index (χ2v) is 4.07. The van der Waals surface area contributed by atoms with E-state index in [9.17, 15) is 22.8 Å². The molecule has 0 bridgehead atoms. The van der Waals surface area contributed by atoms with E-state index >= 15 is 0 Å². The molecule has 5 nitrogen and oxygen atoms in total. The molecule has 0 aromatic heterocycles. The van der Waals surface area contributed by atoms with Gasteiger partial charge >= 0.3 is 12.1 Å². The van der Waals surface area contributed by atoms with Crippen LogP contribution in [0.2, 0.25) is 0 Å². The summed E-state index contributed by atoms with van der Waals surface area (Å²) in [7, 11) is 0. The first-order chi connectivity index (χ1) is 9.66. The molecule has 0 aliphatic carbocycles. The van der Waals surface area contributed by atoms with Gasteiger partial charge in [-0.15, -0.1) is 12.3 Å². The Hall–Kier alpha value is -2.53. The lowest BCUT2D eigenvalue weighted by atomic mass is 10.1. The van der Waals surface area contributed by atoms with E-state index in [2.05, 4.69) is 11.2 Å².